The number of hydrogen-bond donors (Lipinski definition) is 1. The van der Waals surface area contributed by atoms with Gasteiger partial charge in [0.1, 0.15) is 5.76 Å². The van der Waals surface area contributed by atoms with Gasteiger partial charge < -0.3 is 9.73 Å². The predicted molar refractivity (Wildman–Crippen MR) is 64.8 cm³/mol. The van der Waals surface area contributed by atoms with Crippen molar-refractivity contribution in [3.8, 4) is 0 Å². The van der Waals surface area contributed by atoms with Crippen molar-refractivity contribution in [2.75, 3.05) is 5.32 Å². The van der Waals surface area contributed by atoms with Crippen molar-refractivity contribution in [3.63, 3.8) is 0 Å². The highest BCUT2D eigenvalue weighted by Crippen LogP contribution is 2.14. The first-order valence-electron chi connectivity index (χ1n) is 5.41. The van der Waals surface area contributed by atoms with Crippen molar-refractivity contribution in [3.05, 3.63) is 47.7 Å². The van der Waals surface area contributed by atoms with Gasteiger partial charge in [-0.15, -0.1) is 0 Å². The molecule has 0 bridgehead atoms. The molecule has 0 aliphatic rings. The molecule has 17 heavy (non-hydrogen) atoms. The molecule has 2 rings (SSSR count). The first-order valence-corrected chi connectivity index (χ1v) is 5.41. The molecule has 0 spiro atoms. The molecule has 1 aromatic carbocycles. The molecule has 4 heteroatoms. The number of anilines is 1. The molecule has 4 nitrogen and oxygen atoms in total. The highest BCUT2D eigenvalue weighted by atomic mass is 16.3. The second-order valence-corrected chi connectivity index (χ2v) is 3.90. The molecule has 0 fully saturated rings. The molecule has 1 N–H and O–H groups in total. The number of rotatable bonds is 3. The smallest absolute Gasteiger partial charge is 0.232 e. The van der Waals surface area contributed by atoms with E-state index in [4.69, 9.17) is 4.42 Å². The average Bonchev–Trinajstić information content (AvgIpc) is 2.68. The van der Waals surface area contributed by atoms with E-state index < -0.39 is 0 Å². The van der Waals surface area contributed by atoms with Gasteiger partial charge in [-0.2, -0.15) is 0 Å². The first kappa shape index (κ1) is 11.4. The lowest BCUT2D eigenvalue weighted by Crippen LogP contribution is -2.15. The lowest BCUT2D eigenvalue weighted by molar-refractivity contribution is -0.115. The summed E-state index contributed by atoms with van der Waals surface area (Å²) in [6.07, 6.45) is 1.56. The SMILES string of the molecule is Cc1ccccc1NC(=O)Cc1ocnc1C. The van der Waals surface area contributed by atoms with E-state index in [0.29, 0.717) is 5.76 Å². The number of carbonyl (C=O) groups is 1. The van der Waals surface area contributed by atoms with Gasteiger partial charge in [0, 0.05) is 5.69 Å². The van der Waals surface area contributed by atoms with E-state index >= 15 is 0 Å². The summed E-state index contributed by atoms with van der Waals surface area (Å²) in [4.78, 5) is 15.7. The van der Waals surface area contributed by atoms with Crippen LogP contribution in [-0.2, 0) is 11.2 Å². The average molecular weight is 230 g/mol. The van der Waals surface area contributed by atoms with Crippen molar-refractivity contribution in [1.82, 2.24) is 4.98 Å². The van der Waals surface area contributed by atoms with Crippen molar-refractivity contribution < 1.29 is 9.21 Å². The van der Waals surface area contributed by atoms with Crippen molar-refractivity contribution in [1.29, 1.82) is 0 Å². The van der Waals surface area contributed by atoms with Crippen LogP contribution < -0.4 is 5.32 Å². The molecular formula is C13H14N2O2. The minimum atomic E-state index is -0.0980. The summed E-state index contributed by atoms with van der Waals surface area (Å²) in [6, 6.07) is 7.66. The largest absolute Gasteiger partial charge is 0.448 e. The summed E-state index contributed by atoms with van der Waals surface area (Å²) >= 11 is 0. The Kier molecular flexibility index (Phi) is 3.23. The fourth-order valence-electron chi connectivity index (χ4n) is 1.55. The van der Waals surface area contributed by atoms with Crippen LogP contribution in [0.5, 0.6) is 0 Å². The van der Waals surface area contributed by atoms with Crippen molar-refractivity contribution in [2.45, 2.75) is 20.3 Å². The quantitative estimate of drug-likeness (QED) is 0.881. The van der Waals surface area contributed by atoms with Gasteiger partial charge in [0.15, 0.2) is 6.39 Å². The number of hydrogen-bond acceptors (Lipinski definition) is 3. The first-order chi connectivity index (χ1) is 8.16. The van der Waals surface area contributed by atoms with E-state index in [1.807, 2.05) is 38.1 Å². The lowest BCUT2D eigenvalue weighted by Gasteiger charge is -2.06. The number of carbonyl (C=O) groups excluding carboxylic acids is 1. The third-order valence-electron chi connectivity index (χ3n) is 2.59. The van der Waals surface area contributed by atoms with Crippen LogP contribution in [0.3, 0.4) is 0 Å². The van der Waals surface area contributed by atoms with Crippen LogP contribution in [0, 0.1) is 13.8 Å². The normalized spacial score (nSPS) is 10.2. The summed E-state index contributed by atoms with van der Waals surface area (Å²) in [6.45, 7) is 3.77. The Morgan fingerprint density at radius 2 is 2.12 bits per heavy atom. The van der Waals surface area contributed by atoms with E-state index in [0.717, 1.165) is 16.9 Å². The Bertz CT molecular complexity index is 532. The Morgan fingerprint density at radius 1 is 1.35 bits per heavy atom. The molecule has 88 valence electrons. The molecule has 1 aromatic heterocycles. The number of para-hydroxylation sites is 1. The second kappa shape index (κ2) is 4.82. The fourth-order valence-corrected chi connectivity index (χ4v) is 1.55. The van der Waals surface area contributed by atoms with Gasteiger partial charge >= 0.3 is 0 Å². The minimum absolute atomic E-state index is 0.0980. The Hall–Kier alpha value is -2.10. The molecule has 0 saturated carbocycles. The summed E-state index contributed by atoms with van der Waals surface area (Å²) < 4.78 is 5.13. The minimum Gasteiger partial charge on any atom is -0.448 e. The monoisotopic (exact) mass is 230 g/mol. The number of nitrogens with zero attached hydrogens (tertiary/aromatic N) is 1. The van der Waals surface area contributed by atoms with Crippen LogP contribution >= 0.6 is 0 Å². The van der Waals surface area contributed by atoms with Crippen LogP contribution in [0.1, 0.15) is 17.0 Å². The van der Waals surface area contributed by atoms with E-state index in [2.05, 4.69) is 10.3 Å². The molecule has 1 amide bonds. The highest BCUT2D eigenvalue weighted by Gasteiger charge is 2.10. The zero-order valence-corrected chi connectivity index (χ0v) is 9.86. The molecule has 0 atom stereocenters. The third kappa shape index (κ3) is 2.72. The molecule has 0 aliphatic carbocycles. The van der Waals surface area contributed by atoms with Crippen molar-refractivity contribution >= 4 is 11.6 Å². The van der Waals surface area contributed by atoms with Gasteiger partial charge in [-0.3, -0.25) is 4.79 Å². The zero-order valence-electron chi connectivity index (χ0n) is 9.86. The molecular weight excluding hydrogens is 216 g/mol. The molecule has 0 unspecified atom stereocenters. The van der Waals surface area contributed by atoms with Gasteiger partial charge in [-0.1, -0.05) is 18.2 Å². The highest BCUT2D eigenvalue weighted by molar-refractivity contribution is 5.92. The maximum absolute atomic E-state index is 11.8. The topological polar surface area (TPSA) is 55.1 Å². The number of aryl methyl sites for hydroxylation is 2. The standard InChI is InChI=1S/C13H14N2O2/c1-9-5-3-4-6-11(9)15-13(16)7-12-10(2)14-8-17-12/h3-6,8H,7H2,1-2H3,(H,15,16). The maximum atomic E-state index is 11.8. The Morgan fingerprint density at radius 3 is 2.76 bits per heavy atom. The molecule has 1 heterocycles. The fraction of sp³-hybridized carbons (Fsp3) is 0.231. The third-order valence-corrected chi connectivity index (χ3v) is 2.59. The number of amides is 1. The molecule has 2 aromatic rings. The molecule has 0 radical (unpaired) electrons. The van der Waals surface area contributed by atoms with Gasteiger partial charge in [0.05, 0.1) is 12.1 Å². The van der Waals surface area contributed by atoms with E-state index in [1.54, 1.807) is 0 Å². The zero-order chi connectivity index (χ0) is 12.3. The van der Waals surface area contributed by atoms with Crippen LogP contribution in [0.2, 0.25) is 0 Å². The predicted octanol–water partition coefficient (Wildman–Crippen LogP) is 2.47. The van der Waals surface area contributed by atoms with Crippen LogP contribution in [0.4, 0.5) is 5.69 Å². The summed E-state index contributed by atoms with van der Waals surface area (Å²) in [5.41, 5.74) is 2.62. The van der Waals surface area contributed by atoms with Gasteiger partial charge in [-0.05, 0) is 25.5 Å². The van der Waals surface area contributed by atoms with E-state index in [1.165, 1.54) is 6.39 Å². The lowest BCUT2D eigenvalue weighted by atomic mass is 10.2. The summed E-state index contributed by atoms with van der Waals surface area (Å²) in [7, 11) is 0. The van der Waals surface area contributed by atoms with Gasteiger partial charge in [0.2, 0.25) is 5.91 Å². The molecule has 0 aliphatic heterocycles. The number of benzene rings is 1. The number of oxazole rings is 1. The van der Waals surface area contributed by atoms with Crippen LogP contribution in [-0.4, -0.2) is 10.9 Å². The Labute approximate surface area is 99.7 Å². The number of aromatic nitrogens is 1. The van der Waals surface area contributed by atoms with Gasteiger partial charge in [0.25, 0.3) is 0 Å². The number of nitrogens with one attached hydrogen (secondary N) is 1. The molecule has 0 saturated heterocycles. The van der Waals surface area contributed by atoms with Crippen LogP contribution in [0.25, 0.3) is 0 Å². The second-order valence-electron chi connectivity index (χ2n) is 3.90. The summed E-state index contributed by atoms with van der Waals surface area (Å²) in [5, 5.41) is 2.85. The van der Waals surface area contributed by atoms with E-state index in [9.17, 15) is 4.79 Å². The van der Waals surface area contributed by atoms with E-state index in [-0.39, 0.29) is 12.3 Å². The van der Waals surface area contributed by atoms with Gasteiger partial charge in [-0.25, -0.2) is 4.98 Å². The van der Waals surface area contributed by atoms with Crippen molar-refractivity contribution in [2.24, 2.45) is 0 Å². The maximum Gasteiger partial charge on any atom is 0.232 e. The summed E-state index contributed by atoms with van der Waals surface area (Å²) in [5.74, 6) is 0.509. The van der Waals surface area contributed by atoms with Crippen LogP contribution in [0.15, 0.2) is 35.1 Å². The Balaban J connectivity index is 2.03.